The van der Waals surface area contributed by atoms with Crippen LogP contribution in [-0.2, 0) is 14.9 Å². The van der Waals surface area contributed by atoms with Gasteiger partial charge in [0.15, 0.2) is 0 Å². The minimum absolute atomic E-state index is 0. The van der Waals surface area contributed by atoms with Crippen molar-refractivity contribution in [1.29, 1.82) is 0 Å². The summed E-state index contributed by atoms with van der Waals surface area (Å²) < 4.78 is 5.38. The first-order chi connectivity index (χ1) is 10.8. The molecule has 0 radical (unpaired) electrons. The molecule has 1 atom stereocenters. The molecule has 4 nitrogen and oxygen atoms in total. The molecule has 1 unspecified atom stereocenters. The molecule has 1 aromatic rings. The zero-order chi connectivity index (χ0) is 17.1. The lowest BCUT2D eigenvalue weighted by atomic mass is 9.79. The van der Waals surface area contributed by atoms with Crippen molar-refractivity contribution in [3.8, 4) is 0 Å². The molecule has 1 heterocycles. The van der Waals surface area contributed by atoms with E-state index in [1.165, 1.54) is 5.56 Å². The van der Waals surface area contributed by atoms with Gasteiger partial charge < -0.3 is 15.8 Å². The molecule has 24 heavy (non-hydrogen) atoms. The molecule has 136 valence electrons. The van der Waals surface area contributed by atoms with Crippen LogP contribution >= 0.6 is 12.4 Å². The van der Waals surface area contributed by atoms with E-state index >= 15 is 0 Å². The summed E-state index contributed by atoms with van der Waals surface area (Å²) in [6.45, 7) is 10.2. The van der Waals surface area contributed by atoms with Gasteiger partial charge in [0.05, 0.1) is 11.5 Å². The molecule has 0 spiro atoms. The molecule has 2 rings (SSSR count). The summed E-state index contributed by atoms with van der Waals surface area (Å²) in [5.41, 5.74) is 7.98. The summed E-state index contributed by atoms with van der Waals surface area (Å²) in [6, 6.07) is 8.47. The molecule has 5 heteroatoms. The molecule has 0 saturated carbocycles. The second-order valence-corrected chi connectivity index (χ2v) is 7.66. The first kappa shape index (κ1) is 20.9. The summed E-state index contributed by atoms with van der Waals surface area (Å²) in [5.74, 6) is 0.0516. The molecule has 1 aromatic carbocycles. The number of rotatable bonds is 4. The summed E-state index contributed by atoms with van der Waals surface area (Å²) in [4.78, 5) is 12.7. The van der Waals surface area contributed by atoms with E-state index in [-0.39, 0.29) is 29.8 Å². The van der Waals surface area contributed by atoms with E-state index in [1.807, 2.05) is 6.92 Å². The van der Waals surface area contributed by atoms with Crippen LogP contribution in [-0.4, -0.2) is 25.7 Å². The van der Waals surface area contributed by atoms with E-state index in [0.29, 0.717) is 32.6 Å². The Morgan fingerprint density at radius 1 is 1.25 bits per heavy atom. The number of carbonyl (C=O) groups is 1. The number of hydrogen-bond acceptors (Lipinski definition) is 3. The predicted molar refractivity (Wildman–Crippen MR) is 100 cm³/mol. The SMILES string of the molecule is CC(NC(=O)C1(CN)CCOCC1)c1ccc(C(C)(C)C)cc1.Cl. The van der Waals surface area contributed by atoms with Crippen LogP contribution in [0.2, 0.25) is 0 Å². The number of halogens is 1. The topological polar surface area (TPSA) is 64.4 Å². The van der Waals surface area contributed by atoms with Crippen LogP contribution in [0.1, 0.15) is 57.7 Å². The molecular weight excluding hydrogens is 324 g/mol. The largest absolute Gasteiger partial charge is 0.381 e. The van der Waals surface area contributed by atoms with Crippen molar-refractivity contribution in [2.75, 3.05) is 19.8 Å². The Labute approximate surface area is 151 Å². The third-order valence-corrected chi connectivity index (χ3v) is 4.95. The molecule has 0 aliphatic carbocycles. The summed E-state index contributed by atoms with van der Waals surface area (Å²) in [6.07, 6.45) is 1.40. The fraction of sp³-hybridized carbons (Fsp3) is 0.632. The number of carbonyl (C=O) groups excluding carboxylic acids is 1. The number of ether oxygens (including phenoxy) is 1. The predicted octanol–water partition coefficient (Wildman–Crippen LogP) is 3.34. The van der Waals surface area contributed by atoms with E-state index in [1.54, 1.807) is 0 Å². The van der Waals surface area contributed by atoms with Crippen molar-refractivity contribution in [3.05, 3.63) is 35.4 Å². The molecule has 1 aliphatic rings. The smallest absolute Gasteiger partial charge is 0.228 e. The van der Waals surface area contributed by atoms with Gasteiger partial charge in [-0.1, -0.05) is 45.0 Å². The monoisotopic (exact) mass is 354 g/mol. The standard InChI is InChI=1S/C19H30N2O2.ClH/c1-14(15-5-7-16(8-6-15)18(2,3)4)21-17(22)19(13-20)9-11-23-12-10-19;/h5-8,14H,9-13,20H2,1-4H3,(H,21,22);1H. The van der Waals surface area contributed by atoms with Gasteiger partial charge in [0.2, 0.25) is 5.91 Å². The third kappa shape index (κ3) is 4.71. The van der Waals surface area contributed by atoms with Gasteiger partial charge in [-0.3, -0.25) is 4.79 Å². The van der Waals surface area contributed by atoms with Crippen LogP contribution < -0.4 is 11.1 Å². The first-order valence-electron chi connectivity index (χ1n) is 8.48. The van der Waals surface area contributed by atoms with Gasteiger partial charge in [0, 0.05) is 19.8 Å². The van der Waals surface area contributed by atoms with E-state index in [4.69, 9.17) is 10.5 Å². The van der Waals surface area contributed by atoms with Crippen LogP contribution in [0, 0.1) is 5.41 Å². The van der Waals surface area contributed by atoms with Gasteiger partial charge in [-0.15, -0.1) is 12.4 Å². The average molecular weight is 355 g/mol. The Morgan fingerprint density at radius 3 is 2.25 bits per heavy atom. The van der Waals surface area contributed by atoms with Gasteiger partial charge >= 0.3 is 0 Å². The molecule has 3 N–H and O–H groups in total. The molecule has 0 bridgehead atoms. The maximum atomic E-state index is 12.7. The Kier molecular flexibility index (Phi) is 7.26. The number of benzene rings is 1. The second-order valence-electron chi connectivity index (χ2n) is 7.66. The maximum absolute atomic E-state index is 12.7. The zero-order valence-corrected chi connectivity index (χ0v) is 16.0. The lowest BCUT2D eigenvalue weighted by Gasteiger charge is -2.35. The normalized spacial score (nSPS) is 18.4. The van der Waals surface area contributed by atoms with Crippen molar-refractivity contribution in [2.24, 2.45) is 11.1 Å². The van der Waals surface area contributed by atoms with Crippen molar-refractivity contribution in [3.63, 3.8) is 0 Å². The Balaban J connectivity index is 0.00000288. The fourth-order valence-corrected chi connectivity index (χ4v) is 2.99. The molecule has 1 fully saturated rings. The minimum atomic E-state index is -0.474. The van der Waals surface area contributed by atoms with Crippen molar-refractivity contribution < 1.29 is 9.53 Å². The van der Waals surface area contributed by atoms with E-state index in [0.717, 1.165) is 5.56 Å². The van der Waals surface area contributed by atoms with E-state index in [2.05, 4.69) is 50.4 Å². The number of nitrogens with one attached hydrogen (secondary N) is 1. The van der Waals surface area contributed by atoms with Gasteiger partial charge in [0.1, 0.15) is 0 Å². The molecule has 1 amide bonds. The van der Waals surface area contributed by atoms with E-state index in [9.17, 15) is 4.79 Å². The second kappa shape index (κ2) is 8.32. The Morgan fingerprint density at radius 2 is 1.79 bits per heavy atom. The number of hydrogen-bond donors (Lipinski definition) is 2. The highest BCUT2D eigenvalue weighted by molar-refractivity contribution is 5.85. The lowest BCUT2D eigenvalue weighted by molar-refractivity contribution is -0.136. The Hall–Kier alpha value is -1.10. The van der Waals surface area contributed by atoms with Crippen molar-refractivity contribution in [2.45, 2.75) is 52.0 Å². The summed E-state index contributed by atoms with van der Waals surface area (Å²) >= 11 is 0. The highest BCUT2D eigenvalue weighted by atomic mass is 35.5. The number of amides is 1. The van der Waals surface area contributed by atoms with Crippen LogP contribution in [0.3, 0.4) is 0 Å². The van der Waals surface area contributed by atoms with Crippen molar-refractivity contribution >= 4 is 18.3 Å². The zero-order valence-electron chi connectivity index (χ0n) is 15.2. The van der Waals surface area contributed by atoms with Gasteiger partial charge in [-0.25, -0.2) is 0 Å². The van der Waals surface area contributed by atoms with Crippen molar-refractivity contribution in [1.82, 2.24) is 5.32 Å². The van der Waals surface area contributed by atoms with Crippen LogP contribution in [0.15, 0.2) is 24.3 Å². The molecular formula is C19H31ClN2O2. The minimum Gasteiger partial charge on any atom is -0.381 e. The van der Waals surface area contributed by atoms with Gasteiger partial charge in [-0.05, 0) is 36.3 Å². The van der Waals surface area contributed by atoms with Gasteiger partial charge in [0.25, 0.3) is 0 Å². The van der Waals surface area contributed by atoms with Crippen LogP contribution in [0.25, 0.3) is 0 Å². The average Bonchev–Trinajstić information content (AvgIpc) is 2.54. The van der Waals surface area contributed by atoms with Crippen LogP contribution in [0.4, 0.5) is 0 Å². The molecule has 0 aromatic heterocycles. The van der Waals surface area contributed by atoms with Gasteiger partial charge in [-0.2, -0.15) is 0 Å². The van der Waals surface area contributed by atoms with E-state index < -0.39 is 5.41 Å². The molecule has 1 saturated heterocycles. The lowest BCUT2D eigenvalue weighted by Crippen LogP contribution is -2.49. The highest BCUT2D eigenvalue weighted by Gasteiger charge is 2.39. The summed E-state index contributed by atoms with van der Waals surface area (Å²) in [5, 5.41) is 3.14. The maximum Gasteiger partial charge on any atom is 0.228 e. The first-order valence-corrected chi connectivity index (χ1v) is 8.48. The quantitative estimate of drug-likeness (QED) is 0.871. The molecule has 1 aliphatic heterocycles. The third-order valence-electron chi connectivity index (χ3n) is 4.95. The fourth-order valence-electron chi connectivity index (χ4n) is 2.99. The van der Waals surface area contributed by atoms with Crippen LogP contribution in [0.5, 0.6) is 0 Å². The highest BCUT2D eigenvalue weighted by Crippen LogP contribution is 2.31. The summed E-state index contributed by atoms with van der Waals surface area (Å²) in [7, 11) is 0. The number of nitrogens with two attached hydrogens (primary N) is 1. The Bertz CT molecular complexity index is 531.